The maximum atomic E-state index is 13.1. The Morgan fingerprint density at radius 3 is 2.47 bits per heavy atom. The average Bonchev–Trinajstić information content (AvgIpc) is 2.89. The molecule has 38 heavy (non-hydrogen) atoms. The average molecular weight is 554 g/mol. The van der Waals surface area contributed by atoms with E-state index in [1.165, 1.54) is 31.4 Å². The number of rotatable bonds is 7. The van der Waals surface area contributed by atoms with Crippen LogP contribution in [-0.4, -0.2) is 37.5 Å². The molecule has 0 unspecified atom stereocenters. The van der Waals surface area contributed by atoms with Crippen LogP contribution in [0.3, 0.4) is 0 Å². The molecule has 0 spiro atoms. The van der Waals surface area contributed by atoms with E-state index in [1.54, 1.807) is 49.4 Å². The summed E-state index contributed by atoms with van der Waals surface area (Å²) in [5.74, 6) is -1.57. The number of barbiturate groups is 1. The third-order valence-electron chi connectivity index (χ3n) is 5.52. The number of hydrogen-bond acceptors (Lipinski definition) is 6. The van der Waals surface area contributed by atoms with Gasteiger partial charge in [-0.15, -0.1) is 0 Å². The fraction of sp³-hybridized carbons (Fsp3) is 0.111. The number of halogens is 2. The van der Waals surface area contributed by atoms with E-state index < -0.39 is 23.8 Å². The summed E-state index contributed by atoms with van der Waals surface area (Å²) >= 11 is 12.2. The summed E-state index contributed by atoms with van der Waals surface area (Å²) in [7, 11) is 1.41. The first-order valence-corrected chi connectivity index (χ1v) is 12.0. The molecule has 0 radical (unpaired) electrons. The van der Waals surface area contributed by atoms with Crippen LogP contribution in [0.1, 0.15) is 11.1 Å². The van der Waals surface area contributed by atoms with Crippen LogP contribution >= 0.6 is 23.2 Å². The lowest BCUT2D eigenvalue weighted by Crippen LogP contribution is -2.54. The van der Waals surface area contributed by atoms with Crippen LogP contribution in [0.5, 0.6) is 11.5 Å². The zero-order valence-electron chi connectivity index (χ0n) is 20.2. The van der Waals surface area contributed by atoms with Gasteiger partial charge in [-0.2, -0.15) is 0 Å². The van der Waals surface area contributed by atoms with Gasteiger partial charge in [-0.05, 0) is 60.5 Å². The number of nitrogens with one attached hydrogen (secondary N) is 2. The summed E-state index contributed by atoms with van der Waals surface area (Å²) in [4.78, 5) is 51.2. The lowest BCUT2D eigenvalue weighted by atomic mass is 10.1. The molecule has 1 heterocycles. The Morgan fingerprint density at radius 2 is 1.76 bits per heavy atom. The molecule has 2 N–H and O–H groups in total. The molecule has 0 aromatic heterocycles. The molecule has 0 atom stereocenters. The van der Waals surface area contributed by atoms with Gasteiger partial charge in [0.05, 0.1) is 23.5 Å². The molecule has 3 aromatic carbocycles. The molecule has 4 rings (SSSR count). The molecule has 1 fully saturated rings. The van der Waals surface area contributed by atoms with Crippen LogP contribution < -0.4 is 25.0 Å². The molecular weight excluding hydrogens is 533 g/mol. The molecule has 5 amide bonds. The first-order valence-electron chi connectivity index (χ1n) is 11.2. The van der Waals surface area contributed by atoms with Gasteiger partial charge in [0, 0.05) is 5.02 Å². The van der Waals surface area contributed by atoms with Crippen LogP contribution in [0.2, 0.25) is 10.0 Å². The number of para-hydroxylation sites is 1. The van der Waals surface area contributed by atoms with E-state index in [4.69, 9.17) is 32.7 Å². The number of carbonyl (C=O) groups excluding carboxylic acids is 4. The number of urea groups is 1. The third kappa shape index (κ3) is 5.80. The topological polar surface area (TPSA) is 114 Å². The quantitative estimate of drug-likeness (QED) is 0.314. The minimum atomic E-state index is -0.881. The fourth-order valence-corrected chi connectivity index (χ4v) is 3.92. The van der Waals surface area contributed by atoms with Crippen molar-refractivity contribution in [3.8, 4) is 11.5 Å². The highest BCUT2D eigenvalue weighted by molar-refractivity contribution is 6.39. The molecule has 11 heteroatoms. The Kier molecular flexibility index (Phi) is 7.99. The first kappa shape index (κ1) is 26.7. The van der Waals surface area contributed by atoms with Gasteiger partial charge in [-0.1, -0.05) is 47.5 Å². The Hall–Kier alpha value is -4.34. The second-order valence-corrected chi connectivity index (χ2v) is 8.93. The summed E-state index contributed by atoms with van der Waals surface area (Å²) in [6.45, 7) is 1.46. The maximum absolute atomic E-state index is 13.1. The van der Waals surface area contributed by atoms with Crippen molar-refractivity contribution in [3.63, 3.8) is 0 Å². The molecule has 194 valence electrons. The van der Waals surface area contributed by atoms with Gasteiger partial charge in [0.1, 0.15) is 5.57 Å². The van der Waals surface area contributed by atoms with Crippen molar-refractivity contribution < 1.29 is 28.7 Å². The van der Waals surface area contributed by atoms with Crippen LogP contribution in [0, 0.1) is 6.92 Å². The summed E-state index contributed by atoms with van der Waals surface area (Å²) < 4.78 is 10.9. The van der Waals surface area contributed by atoms with Gasteiger partial charge in [0.25, 0.3) is 17.7 Å². The third-order valence-corrected chi connectivity index (χ3v) is 6.26. The van der Waals surface area contributed by atoms with E-state index in [1.807, 2.05) is 0 Å². The number of methoxy groups -OCH3 is 1. The zero-order chi connectivity index (χ0) is 27.4. The maximum Gasteiger partial charge on any atom is 0.335 e. The van der Waals surface area contributed by atoms with E-state index >= 15 is 0 Å². The van der Waals surface area contributed by atoms with E-state index in [-0.39, 0.29) is 29.4 Å². The number of carbonyl (C=O) groups is 4. The summed E-state index contributed by atoms with van der Waals surface area (Å²) in [5.41, 5.74) is 1.59. The van der Waals surface area contributed by atoms with Gasteiger partial charge in [0.15, 0.2) is 18.1 Å². The van der Waals surface area contributed by atoms with Gasteiger partial charge in [-0.3, -0.25) is 19.7 Å². The van der Waals surface area contributed by atoms with Crippen molar-refractivity contribution in [2.75, 3.05) is 23.9 Å². The number of imide groups is 2. The minimum Gasteiger partial charge on any atom is -0.493 e. The summed E-state index contributed by atoms with van der Waals surface area (Å²) in [6.07, 6.45) is 1.32. The van der Waals surface area contributed by atoms with Crippen molar-refractivity contribution in [2.45, 2.75) is 6.92 Å². The predicted octanol–water partition coefficient (Wildman–Crippen LogP) is 4.99. The molecule has 1 aliphatic rings. The highest BCUT2D eigenvalue weighted by Crippen LogP contribution is 2.31. The van der Waals surface area contributed by atoms with E-state index in [9.17, 15) is 19.2 Å². The number of amides is 5. The van der Waals surface area contributed by atoms with Crippen LogP contribution in [0.25, 0.3) is 6.08 Å². The molecule has 0 bridgehead atoms. The smallest absolute Gasteiger partial charge is 0.335 e. The number of anilines is 2. The van der Waals surface area contributed by atoms with Gasteiger partial charge in [0.2, 0.25) is 0 Å². The Bertz CT molecular complexity index is 1490. The number of nitrogens with zero attached hydrogens (tertiary/aromatic N) is 1. The highest BCUT2D eigenvalue weighted by Gasteiger charge is 2.37. The van der Waals surface area contributed by atoms with E-state index in [0.717, 1.165) is 10.5 Å². The fourth-order valence-electron chi connectivity index (χ4n) is 3.56. The van der Waals surface area contributed by atoms with Crippen molar-refractivity contribution in [3.05, 3.63) is 87.4 Å². The second kappa shape index (κ2) is 11.4. The first-order chi connectivity index (χ1) is 18.2. The largest absolute Gasteiger partial charge is 0.493 e. The van der Waals surface area contributed by atoms with Crippen molar-refractivity contribution in [1.29, 1.82) is 0 Å². The lowest BCUT2D eigenvalue weighted by molar-refractivity contribution is -0.122. The van der Waals surface area contributed by atoms with Gasteiger partial charge >= 0.3 is 6.03 Å². The highest BCUT2D eigenvalue weighted by atomic mass is 35.5. The number of benzene rings is 3. The molecule has 3 aromatic rings. The number of ether oxygens (including phenoxy) is 2. The minimum absolute atomic E-state index is 0.220. The Balaban J connectivity index is 1.53. The Morgan fingerprint density at radius 1 is 1.00 bits per heavy atom. The lowest BCUT2D eigenvalue weighted by Gasteiger charge is -2.26. The van der Waals surface area contributed by atoms with E-state index in [2.05, 4.69) is 10.6 Å². The zero-order valence-corrected chi connectivity index (χ0v) is 21.7. The van der Waals surface area contributed by atoms with Crippen molar-refractivity contribution >= 4 is 64.4 Å². The number of hydrogen-bond donors (Lipinski definition) is 2. The molecule has 0 saturated carbocycles. The summed E-state index contributed by atoms with van der Waals surface area (Å²) in [6, 6.07) is 15.2. The normalized spacial score (nSPS) is 14.4. The molecule has 0 aliphatic carbocycles. The molecule has 1 aliphatic heterocycles. The Labute approximate surface area is 227 Å². The van der Waals surface area contributed by atoms with Crippen LogP contribution in [-0.2, 0) is 14.4 Å². The van der Waals surface area contributed by atoms with Crippen molar-refractivity contribution in [2.24, 2.45) is 0 Å². The predicted molar refractivity (Wildman–Crippen MR) is 144 cm³/mol. The van der Waals surface area contributed by atoms with Crippen LogP contribution in [0.4, 0.5) is 16.2 Å². The van der Waals surface area contributed by atoms with Crippen molar-refractivity contribution in [1.82, 2.24) is 5.32 Å². The standard InChI is InChI=1S/C27H21Cl2N3O6/c1-15-7-9-17(13-20(15)29)32-26(35)18(25(34)31-27(32)36)11-16-8-10-22(23(12-16)37-2)38-14-24(33)30-21-6-4-3-5-19(21)28/h3-13H,14H2,1-2H3,(H,30,33)(H,31,34,36)/b18-11+. The SMILES string of the molecule is COc1cc(/C=C2\C(=O)NC(=O)N(c3ccc(C)c(Cl)c3)C2=O)ccc1OCC(=O)Nc1ccccc1Cl. The molecular formula is C27H21Cl2N3O6. The number of aryl methyl sites for hydroxylation is 1. The van der Waals surface area contributed by atoms with E-state index in [0.29, 0.717) is 21.3 Å². The van der Waals surface area contributed by atoms with Gasteiger partial charge in [-0.25, -0.2) is 9.69 Å². The summed E-state index contributed by atoms with van der Waals surface area (Å²) in [5, 5.41) is 5.58. The molecule has 9 nitrogen and oxygen atoms in total. The van der Waals surface area contributed by atoms with Gasteiger partial charge < -0.3 is 14.8 Å². The molecule has 1 saturated heterocycles. The second-order valence-electron chi connectivity index (χ2n) is 8.12. The monoisotopic (exact) mass is 553 g/mol. The van der Waals surface area contributed by atoms with Crippen LogP contribution in [0.15, 0.2) is 66.2 Å².